The molecule has 28 heavy (non-hydrogen) atoms. The number of nitrogens with one attached hydrogen (secondary N) is 1. The van der Waals surface area contributed by atoms with E-state index in [1.54, 1.807) is 30.3 Å². The van der Waals surface area contributed by atoms with E-state index in [-0.39, 0.29) is 24.8 Å². The number of ether oxygens (including phenoxy) is 3. The molecule has 0 spiro atoms. The highest BCUT2D eigenvalue weighted by Crippen LogP contribution is 2.25. The van der Waals surface area contributed by atoms with Crippen LogP contribution in [0.1, 0.15) is 10.4 Å². The summed E-state index contributed by atoms with van der Waals surface area (Å²) < 4.78 is 16.0. The maximum absolute atomic E-state index is 12.3. The summed E-state index contributed by atoms with van der Waals surface area (Å²) in [4.78, 5) is 26.5. The lowest BCUT2D eigenvalue weighted by atomic mass is 10.1. The summed E-state index contributed by atoms with van der Waals surface area (Å²) in [5.74, 6) is 0.500. The van der Waals surface area contributed by atoms with E-state index in [0.717, 1.165) is 18.8 Å². The number of amides is 1. The number of rotatable bonds is 8. The number of hydrogen-bond acceptors (Lipinski definition) is 6. The maximum Gasteiger partial charge on any atom is 0.258 e. The highest BCUT2D eigenvalue weighted by molar-refractivity contribution is 5.99. The average Bonchev–Trinajstić information content (AvgIpc) is 2.77. The van der Waals surface area contributed by atoms with Crippen LogP contribution in [0, 0.1) is 0 Å². The highest BCUT2D eigenvalue weighted by atomic mass is 16.5. The third-order valence-electron chi connectivity index (χ3n) is 4.44. The second-order valence-corrected chi connectivity index (χ2v) is 6.29. The van der Waals surface area contributed by atoms with E-state index in [9.17, 15) is 9.59 Å². The molecule has 0 bridgehead atoms. The minimum atomic E-state index is -0.371. The van der Waals surface area contributed by atoms with Gasteiger partial charge < -0.3 is 24.4 Å². The number of morpholine rings is 1. The molecule has 148 valence electrons. The molecule has 1 saturated heterocycles. The van der Waals surface area contributed by atoms with Crippen molar-refractivity contribution in [3.8, 4) is 11.5 Å². The summed E-state index contributed by atoms with van der Waals surface area (Å²) in [6.45, 7) is 2.84. The van der Waals surface area contributed by atoms with Gasteiger partial charge >= 0.3 is 0 Å². The van der Waals surface area contributed by atoms with E-state index < -0.39 is 0 Å². The fourth-order valence-corrected chi connectivity index (χ4v) is 2.89. The Balaban J connectivity index is 1.46. The number of anilines is 1. The monoisotopic (exact) mass is 384 g/mol. The summed E-state index contributed by atoms with van der Waals surface area (Å²) >= 11 is 0. The zero-order valence-electron chi connectivity index (χ0n) is 15.8. The van der Waals surface area contributed by atoms with Gasteiger partial charge in [-0.2, -0.15) is 0 Å². The molecule has 0 aliphatic carbocycles. The molecule has 3 rings (SSSR count). The molecule has 1 aliphatic heterocycles. The molecular formula is C21H24N2O5. The predicted molar refractivity (Wildman–Crippen MR) is 105 cm³/mol. The van der Waals surface area contributed by atoms with Gasteiger partial charge in [-0.15, -0.1) is 0 Å². The van der Waals surface area contributed by atoms with Gasteiger partial charge in [-0.1, -0.05) is 12.1 Å². The molecule has 0 unspecified atom stereocenters. The van der Waals surface area contributed by atoms with Crippen molar-refractivity contribution in [2.75, 3.05) is 51.5 Å². The van der Waals surface area contributed by atoms with Crippen LogP contribution in [0.4, 0.5) is 5.69 Å². The topological polar surface area (TPSA) is 77.1 Å². The van der Waals surface area contributed by atoms with Crippen LogP contribution in [0.3, 0.4) is 0 Å². The van der Waals surface area contributed by atoms with Crippen molar-refractivity contribution in [3.63, 3.8) is 0 Å². The number of carbonyl (C=O) groups is 2. The summed E-state index contributed by atoms with van der Waals surface area (Å²) in [6.07, 6.45) is 0. The molecule has 0 atom stereocenters. The first-order valence-electron chi connectivity index (χ1n) is 9.16. The summed E-state index contributed by atoms with van der Waals surface area (Å²) in [6, 6.07) is 14.5. The van der Waals surface area contributed by atoms with Gasteiger partial charge in [0, 0.05) is 24.3 Å². The van der Waals surface area contributed by atoms with Crippen LogP contribution in [-0.2, 0) is 9.53 Å². The summed E-state index contributed by atoms with van der Waals surface area (Å²) in [5, 5.41) is 2.59. The first-order valence-corrected chi connectivity index (χ1v) is 9.16. The Labute approximate surface area is 164 Å². The number of nitrogens with zero attached hydrogens (tertiary/aromatic N) is 1. The van der Waals surface area contributed by atoms with Gasteiger partial charge in [0.2, 0.25) is 0 Å². The standard InChI is InChI=1S/C21H24N2O5/c1-26-19-4-2-3-5-20(19)28-15-21(25)22-14-18(24)16-6-8-17(9-7-16)23-10-12-27-13-11-23/h2-9H,10-15H2,1H3,(H,22,25). The number of Topliss-reactive ketones (excluding diaryl/α,β-unsaturated/α-hetero) is 1. The van der Waals surface area contributed by atoms with Crippen molar-refractivity contribution in [1.29, 1.82) is 0 Å². The zero-order chi connectivity index (χ0) is 19.8. The van der Waals surface area contributed by atoms with Gasteiger partial charge in [-0.05, 0) is 36.4 Å². The Morgan fingerprint density at radius 3 is 2.39 bits per heavy atom. The van der Waals surface area contributed by atoms with Gasteiger partial charge in [-0.25, -0.2) is 0 Å². The lowest BCUT2D eigenvalue weighted by Crippen LogP contribution is -2.36. The molecule has 1 aliphatic rings. The van der Waals surface area contributed by atoms with E-state index in [2.05, 4.69) is 10.2 Å². The largest absolute Gasteiger partial charge is 0.493 e. The van der Waals surface area contributed by atoms with E-state index in [1.807, 2.05) is 18.2 Å². The van der Waals surface area contributed by atoms with E-state index in [4.69, 9.17) is 14.2 Å². The van der Waals surface area contributed by atoms with Crippen LogP contribution in [0.15, 0.2) is 48.5 Å². The number of para-hydroxylation sites is 2. The van der Waals surface area contributed by atoms with Gasteiger partial charge in [0.1, 0.15) is 0 Å². The fraction of sp³-hybridized carbons (Fsp3) is 0.333. The molecule has 2 aromatic rings. The van der Waals surface area contributed by atoms with E-state index in [1.165, 1.54) is 7.11 Å². The molecule has 1 N–H and O–H groups in total. The van der Waals surface area contributed by atoms with Crippen LogP contribution in [0.25, 0.3) is 0 Å². The van der Waals surface area contributed by atoms with Crippen molar-refractivity contribution in [2.24, 2.45) is 0 Å². The molecular weight excluding hydrogens is 360 g/mol. The Bertz CT molecular complexity index is 801. The first kappa shape index (κ1) is 19.7. The van der Waals surface area contributed by atoms with Crippen LogP contribution < -0.4 is 19.7 Å². The molecule has 1 amide bonds. The van der Waals surface area contributed by atoms with Gasteiger partial charge in [0.25, 0.3) is 5.91 Å². The van der Waals surface area contributed by atoms with Crippen molar-refractivity contribution in [2.45, 2.75) is 0 Å². The van der Waals surface area contributed by atoms with Crippen molar-refractivity contribution >= 4 is 17.4 Å². The van der Waals surface area contributed by atoms with Crippen LogP contribution >= 0.6 is 0 Å². The Hall–Kier alpha value is -3.06. The number of methoxy groups -OCH3 is 1. The molecule has 2 aromatic carbocycles. The first-order chi connectivity index (χ1) is 13.7. The molecule has 0 radical (unpaired) electrons. The van der Waals surface area contributed by atoms with Gasteiger partial charge in [-0.3, -0.25) is 9.59 Å². The Morgan fingerprint density at radius 1 is 1.04 bits per heavy atom. The fourth-order valence-electron chi connectivity index (χ4n) is 2.89. The Kier molecular flexibility index (Phi) is 6.86. The average molecular weight is 384 g/mol. The molecule has 0 aromatic heterocycles. The quantitative estimate of drug-likeness (QED) is 0.701. The zero-order valence-corrected chi connectivity index (χ0v) is 15.8. The van der Waals surface area contributed by atoms with Gasteiger partial charge in [0.15, 0.2) is 23.9 Å². The maximum atomic E-state index is 12.3. The molecule has 7 heteroatoms. The SMILES string of the molecule is COc1ccccc1OCC(=O)NCC(=O)c1ccc(N2CCOCC2)cc1. The Morgan fingerprint density at radius 2 is 1.71 bits per heavy atom. The number of ketones is 1. The number of hydrogen-bond donors (Lipinski definition) is 1. The van der Waals surface area contributed by atoms with Crippen molar-refractivity contribution in [3.05, 3.63) is 54.1 Å². The smallest absolute Gasteiger partial charge is 0.258 e. The lowest BCUT2D eigenvalue weighted by Gasteiger charge is -2.28. The van der Waals surface area contributed by atoms with Crippen molar-refractivity contribution < 1.29 is 23.8 Å². The number of benzene rings is 2. The summed E-state index contributed by atoms with van der Waals surface area (Å²) in [7, 11) is 1.53. The van der Waals surface area contributed by atoms with Crippen LogP contribution in [0.5, 0.6) is 11.5 Å². The molecule has 1 heterocycles. The number of carbonyl (C=O) groups excluding carboxylic acids is 2. The molecule has 0 saturated carbocycles. The van der Waals surface area contributed by atoms with E-state index >= 15 is 0 Å². The predicted octanol–water partition coefficient (Wildman–Crippen LogP) is 1.91. The second-order valence-electron chi connectivity index (χ2n) is 6.29. The van der Waals surface area contributed by atoms with E-state index in [0.29, 0.717) is 30.3 Å². The van der Waals surface area contributed by atoms with Crippen LogP contribution in [0.2, 0.25) is 0 Å². The third-order valence-corrected chi connectivity index (χ3v) is 4.44. The van der Waals surface area contributed by atoms with Crippen LogP contribution in [-0.4, -0.2) is 58.3 Å². The lowest BCUT2D eigenvalue weighted by molar-refractivity contribution is -0.122. The second kappa shape index (κ2) is 9.75. The van der Waals surface area contributed by atoms with Crippen molar-refractivity contribution in [1.82, 2.24) is 5.32 Å². The third kappa shape index (κ3) is 5.23. The van der Waals surface area contributed by atoms with Gasteiger partial charge in [0.05, 0.1) is 26.9 Å². The normalized spacial score (nSPS) is 13.7. The molecule has 7 nitrogen and oxygen atoms in total. The summed E-state index contributed by atoms with van der Waals surface area (Å²) in [5.41, 5.74) is 1.62. The highest BCUT2D eigenvalue weighted by Gasteiger charge is 2.13. The minimum absolute atomic E-state index is 0.0784. The minimum Gasteiger partial charge on any atom is -0.493 e. The molecule has 1 fully saturated rings.